The van der Waals surface area contributed by atoms with Crippen LogP contribution < -0.4 is 10.6 Å². The fraction of sp³-hybridized carbons (Fsp3) is 0.286. The van der Waals surface area contributed by atoms with Gasteiger partial charge in [-0.25, -0.2) is 0 Å². The molecule has 0 radical (unpaired) electrons. The van der Waals surface area contributed by atoms with Crippen molar-refractivity contribution in [3.8, 4) is 0 Å². The molecule has 0 saturated heterocycles. The summed E-state index contributed by atoms with van der Waals surface area (Å²) in [7, 11) is 0. The molecule has 1 unspecified atom stereocenters. The van der Waals surface area contributed by atoms with Gasteiger partial charge in [-0.15, -0.1) is 0 Å². The van der Waals surface area contributed by atoms with Crippen LogP contribution in [-0.2, 0) is 9.63 Å². The molecule has 170 valence electrons. The Labute approximate surface area is 191 Å². The van der Waals surface area contributed by atoms with E-state index in [0.717, 1.165) is 11.1 Å². The zero-order chi connectivity index (χ0) is 23.5. The second-order valence-electron chi connectivity index (χ2n) is 7.14. The van der Waals surface area contributed by atoms with Crippen molar-refractivity contribution in [3.05, 3.63) is 68.7 Å². The second-order valence-corrected chi connectivity index (χ2v) is 8.02. The molecule has 6 nitrogen and oxygen atoms in total. The van der Waals surface area contributed by atoms with E-state index in [0.29, 0.717) is 27.7 Å². The lowest BCUT2D eigenvalue weighted by Gasteiger charge is -2.11. The molecule has 1 heterocycles. The van der Waals surface area contributed by atoms with E-state index in [1.807, 2.05) is 0 Å². The SMILES string of the molecule is Cc1cc(C2=NOC(c3cc(Cl)cc(Cl)c3)C2)ccc1C(=O)NCC(=O)NCC(F)(F)F. The largest absolute Gasteiger partial charge is 0.405 e. The molecule has 0 fully saturated rings. The third kappa shape index (κ3) is 6.37. The summed E-state index contributed by atoms with van der Waals surface area (Å²) in [5, 5.41) is 9.10. The molecular formula is C21H18Cl2F3N3O3. The maximum atomic E-state index is 12.3. The molecule has 2 N–H and O–H groups in total. The van der Waals surface area contributed by atoms with Gasteiger partial charge < -0.3 is 15.5 Å². The molecule has 1 aliphatic heterocycles. The van der Waals surface area contributed by atoms with Gasteiger partial charge in [0.05, 0.1) is 12.3 Å². The van der Waals surface area contributed by atoms with Crippen LogP contribution in [0.3, 0.4) is 0 Å². The smallest absolute Gasteiger partial charge is 0.387 e. The molecule has 0 bridgehead atoms. The standard InChI is InChI=1S/C21H18Cl2F3N3O3/c1-11-4-12(17-8-18(32-29-17)13-5-14(22)7-15(23)6-13)2-3-16(11)20(31)27-9-19(30)28-10-21(24,25)26/h2-7,18H,8-10H2,1H3,(H,27,31)(H,28,30). The number of amides is 2. The van der Waals surface area contributed by atoms with Gasteiger partial charge in [0.2, 0.25) is 5.91 Å². The van der Waals surface area contributed by atoms with E-state index in [4.69, 9.17) is 28.0 Å². The van der Waals surface area contributed by atoms with Crippen LogP contribution in [0.4, 0.5) is 13.2 Å². The van der Waals surface area contributed by atoms with Gasteiger partial charge >= 0.3 is 6.18 Å². The van der Waals surface area contributed by atoms with Gasteiger partial charge in [-0.3, -0.25) is 9.59 Å². The van der Waals surface area contributed by atoms with Crippen LogP contribution in [-0.4, -0.2) is 36.8 Å². The lowest BCUT2D eigenvalue weighted by molar-refractivity contribution is -0.137. The Morgan fingerprint density at radius 2 is 1.81 bits per heavy atom. The summed E-state index contributed by atoms with van der Waals surface area (Å²) in [6, 6.07) is 10.1. The minimum atomic E-state index is -4.52. The minimum Gasteiger partial charge on any atom is -0.387 e. The average molecular weight is 488 g/mol. The number of carbonyl (C=O) groups excluding carboxylic acids is 2. The molecule has 2 amide bonds. The van der Waals surface area contributed by atoms with Crippen LogP contribution in [0.25, 0.3) is 0 Å². The Morgan fingerprint density at radius 3 is 2.44 bits per heavy atom. The number of benzene rings is 2. The van der Waals surface area contributed by atoms with Gasteiger partial charge in [0, 0.05) is 22.0 Å². The van der Waals surface area contributed by atoms with Crippen LogP contribution in [0.2, 0.25) is 10.0 Å². The lowest BCUT2D eigenvalue weighted by Crippen LogP contribution is -2.41. The highest BCUT2D eigenvalue weighted by Gasteiger charge is 2.28. The molecule has 0 saturated carbocycles. The van der Waals surface area contributed by atoms with E-state index in [1.165, 1.54) is 0 Å². The van der Waals surface area contributed by atoms with Gasteiger partial charge in [-0.2, -0.15) is 13.2 Å². The van der Waals surface area contributed by atoms with E-state index in [9.17, 15) is 22.8 Å². The van der Waals surface area contributed by atoms with Crippen molar-refractivity contribution in [2.45, 2.75) is 25.6 Å². The predicted molar refractivity (Wildman–Crippen MR) is 114 cm³/mol. The number of hydrogen-bond donors (Lipinski definition) is 2. The first-order valence-corrected chi connectivity index (χ1v) is 10.2. The van der Waals surface area contributed by atoms with Gasteiger partial charge in [0.1, 0.15) is 6.54 Å². The summed E-state index contributed by atoms with van der Waals surface area (Å²) in [6.07, 6.45) is -4.39. The number of halogens is 5. The first-order chi connectivity index (χ1) is 15.0. The van der Waals surface area contributed by atoms with E-state index in [2.05, 4.69) is 10.5 Å². The van der Waals surface area contributed by atoms with Crippen LogP contribution in [0.15, 0.2) is 41.6 Å². The monoisotopic (exact) mass is 487 g/mol. The third-order valence-electron chi connectivity index (χ3n) is 4.63. The Bertz CT molecular complexity index is 1050. The Hall–Kier alpha value is -2.78. The zero-order valence-corrected chi connectivity index (χ0v) is 18.2. The predicted octanol–water partition coefficient (Wildman–Crippen LogP) is 4.58. The molecule has 0 spiro atoms. The maximum Gasteiger partial charge on any atom is 0.405 e. The summed E-state index contributed by atoms with van der Waals surface area (Å²) in [5.74, 6) is -1.51. The fourth-order valence-electron chi connectivity index (χ4n) is 3.10. The summed E-state index contributed by atoms with van der Waals surface area (Å²) >= 11 is 12.1. The summed E-state index contributed by atoms with van der Waals surface area (Å²) < 4.78 is 36.4. The van der Waals surface area contributed by atoms with Crippen molar-refractivity contribution in [2.24, 2.45) is 5.16 Å². The van der Waals surface area contributed by atoms with Gasteiger partial charge in [0.15, 0.2) is 6.10 Å². The quantitative estimate of drug-likeness (QED) is 0.625. The van der Waals surface area contributed by atoms with E-state index >= 15 is 0 Å². The van der Waals surface area contributed by atoms with Crippen molar-refractivity contribution in [3.63, 3.8) is 0 Å². The Morgan fingerprint density at radius 1 is 1.12 bits per heavy atom. The number of aryl methyl sites for hydroxylation is 1. The van der Waals surface area contributed by atoms with Crippen molar-refractivity contribution in [1.29, 1.82) is 0 Å². The van der Waals surface area contributed by atoms with Crippen molar-refractivity contribution in [1.82, 2.24) is 10.6 Å². The number of carbonyl (C=O) groups is 2. The number of hydrogen-bond acceptors (Lipinski definition) is 4. The van der Waals surface area contributed by atoms with Crippen LogP contribution >= 0.6 is 23.2 Å². The minimum absolute atomic E-state index is 0.287. The fourth-order valence-corrected chi connectivity index (χ4v) is 3.65. The topological polar surface area (TPSA) is 79.8 Å². The molecular weight excluding hydrogens is 470 g/mol. The maximum absolute atomic E-state index is 12.3. The van der Waals surface area contributed by atoms with E-state index < -0.39 is 31.1 Å². The highest BCUT2D eigenvalue weighted by molar-refractivity contribution is 6.34. The number of nitrogens with zero attached hydrogens (tertiary/aromatic N) is 1. The number of oxime groups is 1. The molecule has 11 heteroatoms. The van der Waals surface area contributed by atoms with Crippen molar-refractivity contribution in [2.75, 3.05) is 13.1 Å². The normalized spacial score (nSPS) is 15.7. The summed E-state index contributed by atoms with van der Waals surface area (Å²) in [6.45, 7) is -0.324. The molecule has 1 aliphatic rings. The molecule has 2 aromatic carbocycles. The van der Waals surface area contributed by atoms with Crippen molar-refractivity contribution >= 4 is 40.7 Å². The second kappa shape index (κ2) is 9.79. The first-order valence-electron chi connectivity index (χ1n) is 9.43. The molecule has 0 aliphatic carbocycles. The molecule has 0 aromatic heterocycles. The van der Waals surface area contributed by atoms with Crippen LogP contribution in [0.1, 0.15) is 39.6 Å². The highest BCUT2D eigenvalue weighted by Crippen LogP contribution is 2.33. The molecule has 1 atom stereocenters. The van der Waals surface area contributed by atoms with Crippen molar-refractivity contribution < 1.29 is 27.6 Å². The zero-order valence-electron chi connectivity index (χ0n) is 16.7. The van der Waals surface area contributed by atoms with E-state index in [-0.39, 0.29) is 11.7 Å². The molecule has 32 heavy (non-hydrogen) atoms. The lowest BCUT2D eigenvalue weighted by atomic mass is 9.97. The number of nitrogens with one attached hydrogen (secondary N) is 2. The Balaban J connectivity index is 1.60. The van der Waals surface area contributed by atoms with Crippen LogP contribution in [0, 0.1) is 6.92 Å². The number of rotatable bonds is 6. The highest BCUT2D eigenvalue weighted by atomic mass is 35.5. The van der Waals surface area contributed by atoms with Gasteiger partial charge in [-0.05, 0) is 53.9 Å². The average Bonchev–Trinajstić information content (AvgIpc) is 3.19. The Kier molecular flexibility index (Phi) is 7.30. The van der Waals surface area contributed by atoms with Gasteiger partial charge in [0.25, 0.3) is 5.91 Å². The molecule has 3 rings (SSSR count). The molecule has 2 aromatic rings. The van der Waals surface area contributed by atoms with E-state index in [1.54, 1.807) is 48.6 Å². The third-order valence-corrected chi connectivity index (χ3v) is 5.06. The number of alkyl halides is 3. The van der Waals surface area contributed by atoms with Crippen LogP contribution in [0.5, 0.6) is 0 Å². The summed E-state index contributed by atoms with van der Waals surface area (Å²) in [4.78, 5) is 29.3. The summed E-state index contributed by atoms with van der Waals surface area (Å²) in [5.41, 5.74) is 3.10. The first kappa shape index (κ1) is 23.9. The van der Waals surface area contributed by atoms with Gasteiger partial charge in [-0.1, -0.05) is 34.4 Å².